The standard InChI is InChI=1S/C35H42F6N4/c1-28(34(36,37)38)43-23-14-24-44(29(2)35(39,40)41)25-15-27-45(26-13-22-42-3)33(30-16-7-4-8-17-30,31-18-9-5-10-19-31)32-20-11-6-12-21-32/h4-12,16-21,42-43H,1-2,13-15,22-27H2,3H3. The van der Waals surface area contributed by atoms with Crippen molar-refractivity contribution >= 4 is 0 Å². The van der Waals surface area contributed by atoms with Crippen molar-refractivity contribution in [2.24, 2.45) is 0 Å². The van der Waals surface area contributed by atoms with Gasteiger partial charge in [0.15, 0.2) is 0 Å². The van der Waals surface area contributed by atoms with E-state index in [1.807, 2.05) is 61.6 Å². The molecule has 3 aromatic carbocycles. The first-order valence-corrected chi connectivity index (χ1v) is 15.0. The molecule has 3 aromatic rings. The molecule has 0 spiro atoms. The van der Waals surface area contributed by atoms with Crippen molar-refractivity contribution in [1.29, 1.82) is 0 Å². The second kappa shape index (κ2) is 16.5. The van der Waals surface area contributed by atoms with E-state index in [0.29, 0.717) is 19.5 Å². The van der Waals surface area contributed by atoms with Crippen LogP contribution in [0, 0.1) is 0 Å². The molecule has 10 heteroatoms. The second-order valence-electron chi connectivity index (χ2n) is 10.8. The quantitative estimate of drug-likeness (QED) is 0.0855. The van der Waals surface area contributed by atoms with Gasteiger partial charge in [-0.3, -0.25) is 4.90 Å². The summed E-state index contributed by atoms with van der Waals surface area (Å²) in [5, 5.41) is 5.35. The number of nitrogens with one attached hydrogen (secondary N) is 2. The number of rotatable bonds is 18. The molecular formula is C35H42F6N4. The molecule has 0 fully saturated rings. The minimum Gasteiger partial charge on any atom is -0.381 e. The van der Waals surface area contributed by atoms with E-state index in [-0.39, 0.29) is 26.1 Å². The Labute approximate surface area is 262 Å². The van der Waals surface area contributed by atoms with Gasteiger partial charge in [0, 0.05) is 32.7 Å². The van der Waals surface area contributed by atoms with Crippen LogP contribution in [-0.4, -0.2) is 68.5 Å². The van der Waals surface area contributed by atoms with Gasteiger partial charge in [-0.05, 0) is 49.5 Å². The highest BCUT2D eigenvalue weighted by Crippen LogP contribution is 2.42. The van der Waals surface area contributed by atoms with Crippen LogP contribution in [0.25, 0.3) is 0 Å². The third-order valence-electron chi connectivity index (χ3n) is 7.75. The van der Waals surface area contributed by atoms with Crippen molar-refractivity contribution in [2.75, 3.05) is 46.3 Å². The Morgan fingerprint density at radius 2 is 1.02 bits per heavy atom. The molecule has 0 aliphatic rings. The Bertz CT molecular complexity index is 1210. The van der Waals surface area contributed by atoms with Crippen LogP contribution in [0.15, 0.2) is 116 Å². The predicted molar refractivity (Wildman–Crippen MR) is 169 cm³/mol. The van der Waals surface area contributed by atoms with Crippen LogP contribution < -0.4 is 10.6 Å². The Morgan fingerprint density at radius 3 is 1.44 bits per heavy atom. The summed E-state index contributed by atoms with van der Waals surface area (Å²) >= 11 is 0. The molecule has 3 rings (SSSR count). The van der Waals surface area contributed by atoms with Crippen LogP contribution >= 0.6 is 0 Å². The summed E-state index contributed by atoms with van der Waals surface area (Å²) in [6.45, 7) is 7.81. The van der Waals surface area contributed by atoms with Crippen molar-refractivity contribution in [1.82, 2.24) is 20.4 Å². The first-order chi connectivity index (χ1) is 21.4. The monoisotopic (exact) mass is 632 g/mol. The highest BCUT2D eigenvalue weighted by atomic mass is 19.4. The number of nitrogens with zero attached hydrogens (tertiary/aromatic N) is 2. The Hall–Kier alpha value is -3.76. The Balaban J connectivity index is 1.95. The van der Waals surface area contributed by atoms with E-state index in [0.717, 1.165) is 34.6 Å². The minimum absolute atomic E-state index is 0.0234. The highest BCUT2D eigenvalue weighted by Gasteiger charge is 2.42. The molecule has 0 aromatic heterocycles. The molecule has 0 amide bonds. The molecule has 0 bridgehead atoms. The first kappa shape index (κ1) is 35.7. The number of hydrogen-bond acceptors (Lipinski definition) is 4. The number of halogens is 6. The van der Waals surface area contributed by atoms with Crippen molar-refractivity contribution in [3.63, 3.8) is 0 Å². The number of benzene rings is 3. The van der Waals surface area contributed by atoms with Gasteiger partial charge in [0.2, 0.25) is 0 Å². The molecule has 4 nitrogen and oxygen atoms in total. The average Bonchev–Trinajstić information content (AvgIpc) is 3.02. The number of alkyl halides is 6. The lowest BCUT2D eigenvalue weighted by Crippen LogP contribution is -2.50. The Kier molecular flexibility index (Phi) is 13.1. The normalized spacial score (nSPS) is 12.3. The van der Waals surface area contributed by atoms with Crippen LogP contribution in [0.3, 0.4) is 0 Å². The number of allylic oxidation sites excluding steroid dienone is 2. The zero-order valence-electron chi connectivity index (χ0n) is 25.6. The Morgan fingerprint density at radius 1 is 0.600 bits per heavy atom. The van der Waals surface area contributed by atoms with Gasteiger partial charge in [0.05, 0.1) is 5.54 Å². The fourth-order valence-electron chi connectivity index (χ4n) is 5.60. The van der Waals surface area contributed by atoms with Gasteiger partial charge in [-0.25, -0.2) is 0 Å². The first-order valence-electron chi connectivity index (χ1n) is 15.0. The van der Waals surface area contributed by atoms with Gasteiger partial charge in [-0.15, -0.1) is 0 Å². The predicted octanol–water partition coefficient (Wildman–Crippen LogP) is 7.71. The average molecular weight is 633 g/mol. The van der Waals surface area contributed by atoms with Crippen molar-refractivity contribution in [2.45, 2.75) is 37.2 Å². The van der Waals surface area contributed by atoms with Crippen LogP contribution in [0.5, 0.6) is 0 Å². The minimum atomic E-state index is -4.67. The van der Waals surface area contributed by atoms with Crippen molar-refractivity contribution in [3.8, 4) is 0 Å². The van der Waals surface area contributed by atoms with Gasteiger partial charge < -0.3 is 15.5 Å². The maximum atomic E-state index is 13.8. The fraction of sp³-hybridized carbons (Fsp3) is 0.371. The third kappa shape index (κ3) is 9.61. The molecule has 2 N–H and O–H groups in total. The van der Waals surface area contributed by atoms with E-state index in [1.165, 1.54) is 0 Å². The van der Waals surface area contributed by atoms with E-state index in [4.69, 9.17) is 0 Å². The summed E-state index contributed by atoms with van der Waals surface area (Å²) < 4.78 is 79.8. The zero-order chi connectivity index (χ0) is 32.9. The highest BCUT2D eigenvalue weighted by molar-refractivity contribution is 5.49. The van der Waals surface area contributed by atoms with E-state index < -0.39 is 29.3 Å². The topological polar surface area (TPSA) is 30.5 Å². The molecule has 0 unspecified atom stereocenters. The molecule has 45 heavy (non-hydrogen) atoms. The van der Waals surface area contributed by atoms with Gasteiger partial charge in [0.1, 0.15) is 11.4 Å². The molecule has 0 heterocycles. The third-order valence-corrected chi connectivity index (χ3v) is 7.75. The number of hydrogen-bond donors (Lipinski definition) is 2. The molecular weight excluding hydrogens is 590 g/mol. The van der Waals surface area contributed by atoms with Gasteiger partial charge in [0.25, 0.3) is 0 Å². The van der Waals surface area contributed by atoms with E-state index in [2.05, 4.69) is 65.1 Å². The van der Waals surface area contributed by atoms with Crippen LogP contribution in [0.4, 0.5) is 26.3 Å². The van der Waals surface area contributed by atoms with Crippen molar-refractivity contribution in [3.05, 3.63) is 132 Å². The summed E-state index contributed by atoms with van der Waals surface area (Å²) in [5.74, 6) is 0. The largest absolute Gasteiger partial charge is 0.430 e. The lowest BCUT2D eigenvalue weighted by Gasteiger charge is -2.46. The van der Waals surface area contributed by atoms with Crippen LogP contribution in [0.2, 0.25) is 0 Å². The molecule has 0 radical (unpaired) electrons. The zero-order valence-corrected chi connectivity index (χ0v) is 25.6. The van der Waals surface area contributed by atoms with Crippen LogP contribution in [0.1, 0.15) is 36.0 Å². The lowest BCUT2D eigenvalue weighted by atomic mass is 9.75. The molecule has 0 aliphatic heterocycles. The molecule has 0 saturated carbocycles. The maximum absolute atomic E-state index is 13.8. The summed E-state index contributed by atoms with van der Waals surface area (Å²) in [6.07, 6.45) is -8.10. The fourth-order valence-corrected chi connectivity index (χ4v) is 5.60. The summed E-state index contributed by atoms with van der Waals surface area (Å²) in [6, 6.07) is 30.2. The molecule has 0 aliphatic carbocycles. The van der Waals surface area contributed by atoms with E-state index in [9.17, 15) is 26.3 Å². The molecule has 244 valence electrons. The van der Waals surface area contributed by atoms with Gasteiger partial charge in [-0.2, -0.15) is 26.3 Å². The SMILES string of the molecule is C=C(NCCCN(CCCN(CCCNC)C(c1ccccc1)(c1ccccc1)c1ccccc1)C(=C)C(F)(F)F)C(F)(F)F. The van der Waals surface area contributed by atoms with Gasteiger partial charge in [-0.1, -0.05) is 104 Å². The van der Waals surface area contributed by atoms with Crippen molar-refractivity contribution < 1.29 is 26.3 Å². The summed E-state index contributed by atoms with van der Waals surface area (Å²) in [4.78, 5) is 3.45. The second-order valence-corrected chi connectivity index (χ2v) is 10.8. The molecule has 0 atom stereocenters. The molecule has 0 saturated heterocycles. The van der Waals surface area contributed by atoms with Crippen LogP contribution in [-0.2, 0) is 5.54 Å². The lowest BCUT2D eigenvalue weighted by molar-refractivity contribution is -0.111. The van der Waals surface area contributed by atoms with Gasteiger partial charge >= 0.3 is 12.4 Å². The smallest absolute Gasteiger partial charge is 0.381 e. The summed E-state index contributed by atoms with van der Waals surface area (Å²) in [5.41, 5.74) is 0.197. The van der Waals surface area contributed by atoms with E-state index in [1.54, 1.807) is 0 Å². The van der Waals surface area contributed by atoms with E-state index >= 15 is 0 Å². The summed E-state index contributed by atoms with van der Waals surface area (Å²) in [7, 11) is 1.88. The maximum Gasteiger partial charge on any atom is 0.430 e.